The van der Waals surface area contributed by atoms with E-state index in [2.05, 4.69) is 46.1 Å². The quantitative estimate of drug-likeness (QED) is 0.849. The average molecular weight is 254 g/mol. The highest BCUT2D eigenvalue weighted by atomic mass is 15.3. The van der Waals surface area contributed by atoms with Crippen LogP contribution in [0.15, 0.2) is 36.5 Å². The first-order valence-electron chi connectivity index (χ1n) is 6.46. The molecule has 2 heterocycles. The number of benzene rings is 1. The fourth-order valence-corrected chi connectivity index (χ4v) is 2.54. The van der Waals surface area contributed by atoms with Crippen LogP contribution >= 0.6 is 0 Å². The van der Waals surface area contributed by atoms with Gasteiger partial charge >= 0.3 is 0 Å². The maximum absolute atomic E-state index is 6.13. The van der Waals surface area contributed by atoms with Crippen LogP contribution in [-0.4, -0.2) is 25.1 Å². The van der Waals surface area contributed by atoms with Crippen LogP contribution in [-0.2, 0) is 0 Å². The maximum atomic E-state index is 6.13. The van der Waals surface area contributed by atoms with E-state index in [0.717, 1.165) is 30.2 Å². The van der Waals surface area contributed by atoms with Crippen molar-refractivity contribution in [3.8, 4) is 0 Å². The lowest BCUT2D eigenvalue weighted by Crippen LogP contribution is -2.37. The molecule has 2 aromatic rings. The molecule has 0 amide bonds. The summed E-state index contributed by atoms with van der Waals surface area (Å²) >= 11 is 0. The summed E-state index contributed by atoms with van der Waals surface area (Å²) in [5.41, 5.74) is 10.3. The number of nitrogens with two attached hydrogens (primary N) is 1. The van der Waals surface area contributed by atoms with Crippen LogP contribution in [0.4, 0.5) is 22.9 Å². The minimum Gasteiger partial charge on any atom is -0.396 e. The van der Waals surface area contributed by atoms with E-state index in [-0.39, 0.29) is 0 Å². The lowest BCUT2D eigenvalue weighted by molar-refractivity contribution is 0.814. The van der Waals surface area contributed by atoms with Crippen LogP contribution in [0.1, 0.15) is 5.56 Å². The van der Waals surface area contributed by atoms with Crippen LogP contribution < -0.4 is 15.5 Å². The van der Waals surface area contributed by atoms with Crippen molar-refractivity contribution in [2.75, 3.05) is 35.7 Å². The smallest absolute Gasteiger partial charge is 0.156 e. The van der Waals surface area contributed by atoms with Crippen molar-refractivity contribution in [3.63, 3.8) is 0 Å². The van der Waals surface area contributed by atoms with Crippen LogP contribution in [0.25, 0.3) is 0 Å². The van der Waals surface area contributed by atoms with Gasteiger partial charge in [-0.15, -0.1) is 0 Å². The molecule has 1 aromatic heterocycles. The van der Waals surface area contributed by atoms with Gasteiger partial charge in [0.2, 0.25) is 0 Å². The van der Waals surface area contributed by atoms with Gasteiger partial charge in [0.25, 0.3) is 0 Å². The van der Waals surface area contributed by atoms with Gasteiger partial charge < -0.3 is 15.5 Å². The first kappa shape index (κ1) is 11.8. The number of para-hydroxylation sites is 2. The zero-order valence-corrected chi connectivity index (χ0v) is 11.3. The Balaban J connectivity index is 2.09. The number of aryl methyl sites for hydroxylation is 1. The molecule has 0 spiro atoms. The number of nitrogen functional groups attached to an aromatic ring is 1. The second kappa shape index (κ2) is 4.46. The lowest BCUT2D eigenvalue weighted by Gasteiger charge is -2.36. The molecule has 19 heavy (non-hydrogen) atoms. The summed E-state index contributed by atoms with van der Waals surface area (Å²) in [7, 11) is 2.11. The molecule has 98 valence electrons. The molecular weight excluding hydrogens is 236 g/mol. The van der Waals surface area contributed by atoms with Gasteiger partial charge in [-0.3, -0.25) is 0 Å². The number of aromatic nitrogens is 1. The van der Waals surface area contributed by atoms with Crippen LogP contribution in [0.5, 0.6) is 0 Å². The fraction of sp³-hybridized carbons (Fsp3) is 0.267. The van der Waals surface area contributed by atoms with E-state index in [1.54, 1.807) is 0 Å². The standard InChI is InChI=1S/C15H18N4/c1-11-9-12(16)15(17-10-11)19-8-7-18(2)13-5-3-4-6-14(13)19/h3-6,9-10H,7-8,16H2,1-2H3. The molecule has 4 heteroatoms. The van der Waals surface area contributed by atoms with Crippen molar-refractivity contribution >= 4 is 22.9 Å². The van der Waals surface area contributed by atoms with Gasteiger partial charge in [0.05, 0.1) is 17.1 Å². The maximum Gasteiger partial charge on any atom is 0.156 e. The summed E-state index contributed by atoms with van der Waals surface area (Å²) in [5, 5.41) is 0. The Morgan fingerprint density at radius 1 is 1.16 bits per heavy atom. The van der Waals surface area contributed by atoms with Crippen LogP contribution in [0.3, 0.4) is 0 Å². The Labute approximate surface area is 113 Å². The van der Waals surface area contributed by atoms with Gasteiger partial charge in [0, 0.05) is 26.3 Å². The Morgan fingerprint density at radius 3 is 2.63 bits per heavy atom. The second-order valence-corrected chi connectivity index (χ2v) is 4.99. The monoisotopic (exact) mass is 254 g/mol. The summed E-state index contributed by atoms with van der Waals surface area (Å²) < 4.78 is 0. The zero-order valence-electron chi connectivity index (χ0n) is 11.3. The molecule has 0 fully saturated rings. The number of rotatable bonds is 1. The fourth-order valence-electron chi connectivity index (χ4n) is 2.54. The molecule has 2 N–H and O–H groups in total. The van der Waals surface area contributed by atoms with Crippen molar-refractivity contribution in [2.24, 2.45) is 0 Å². The number of hydrogen-bond donors (Lipinski definition) is 1. The Kier molecular flexibility index (Phi) is 2.78. The summed E-state index contributed by atoms with van der Waals surface area (Å²) in [6.07, 6.45) is 1.87. The van der Waals surface area contributed by atoms with Gasteiger partial charge in [-0.2, -0.15) is 0 Å². The molecule has 0 aliphatic carbocycles. The molecule has 0 saturated carbocycles. The van der Waals surface area contributed by atoms with Crippen molar-refractivity contribution in [3.05, 3.63) is 42.1 Å². The first-order valence-corrected chi connectivity index (χ1v) is 6.46. The highest BCUT2D eigenvalue weighted by Gasteiger charge is 2.23. The van der Waals surface area contributed by atoms with Gasteiger partial charge in [-0.1, -0.05) is 12.1 Å². The molecule has 0 saturated heterocycles. The Morgan fingerprint density at radius 2 is 1.89 bits per heavy atom. The third kappa shape index (κ3) is 1.99. The van der Waals surface area contributed by atoms with E-state index in [4.69, 9.17) is 5.73 Å². The van der Waals surface area contributed by atoms with Crippen molar-refractivity contribution in [1.29, 1.82) is 0 Å². The van der Waals surface area contributed by atoms with Crippen LogP contribution in [0, 0.1) is 6.92 Å². The largest absolute Gasteiger partial charge is 0.396 e. The van der Waals surface area contributed by atoms with E-state index in [9.17, 15) is 0 Å². The predicted octanol–water partition coefficient (Wildman–Crippen LogP) is 2.56. The minimum atomic E-state index is 0.736. The molecule has 1 aliphatic rings. The van der Waals surface area contributed by atoms with Crippen molar-refractivity contribution < 1.29 is 0 Å². The summed E-state index contributed by atoms with van der Waals surface area (Å²) in [4.78, 5) is 8.97. The van der Waals surface area contributed by atoms with Gasteiger partial charge in [-0.05, 0) is 30.7 Å². The molecular formula is C15H18N4. The van der Waals surface area contributed by atoms with Gasteiger partial charge in [0.15, 0.2) is 5.82 Å². The summed E-state index contributed by atoms with van der Waals surface area (Å²) in [5.74, 6) is 0.853. The molecule has 0 unspecified atom stereocenters. The number of pyridine rings is 1. The first-order chi connectivity index (χ1) is 9.16. The van der Waals surface area contributed by atoms with Gasteiger partial charge in [-0.25, -0.2) is 4.98 Å². The third-order valence-corrected chi connectivity index (χ3v) is 3.53. The number of anilines is 4. The van der Waals surface area contributed by atoms with Crippen molar-refractivity contribution in [2.45, 2.75) is 6.92 Å². The predicted molar refractivity (Wildman–Crippen MR) is 80.1 cm³/mol. The zero-order chi connectivity index (χ0) is 13.4. The average Bonchev–Trinajstić information content (AvgIpc) is 2.41. The van der Waals surface area contributed by atoms with E-state index in [0.29, 0.717) is 0 Å². The highest BCUT2D eigenvalue weighted by Crippen LogP contribution is 2.37. The Bertz CT molecular complexity index is 609. The Hall–Kier alpha value is -2.23. The van der Waals surface area contributed by atoms with E-state index in [1.807, 2.05) is 19.2 Å². The van der Waals surface area contributed by atoms with Gasteiger partial charge in [0.1, 0.15) is 0 Å². The van der Waals surface area contributed by atoms with Crippen molar-refractivity contribution in [1.82, 2.24) is 4.98 Å². The minimum absolute atomic E-state index is 0.736. The van der Waals surface area contributed by atoms with E-state index >= 15 is 0 Å². The summed E-state index contributed by atoms with van der Waals surface area (Å²) in [6.45, 7) is 3.87. The normalized spacial score (nSPS) is 14.4. The SMILES string of the molecule is Cc1cnc(N2CCN(C)c3ccccc32)c(N)c1. The van der Waals surface area contributed by atoms with Crippen LogP contribution in [0.2, 0.25) is 0 Å². The molecule has 1 aliphatic heterocycles. The molecule has 0 bridgehead atoms. The second-order valence-electron chi connectivity index (χ2n) is 4.99. The van der Waals surface area contributed by atoms with E-state index < -0.39 is 0 Å². The topological polar surface area (TPSA) is 45.4 Å². The molecule has 4 nitrogen and oxygen atoms in total. The molecule has 1 aromatic carbocycles. The number of hydrogen-bond acceptors (Lipinski definition) is 4. The van der Waals surface area contributed by atoms with E-state index in [1.165, 1.54) is 11.4 Å². The molecule has 0 radical (unpaired) electrons. The highest BCUT2D eigenvalue weighted by molar-refractivity contribution is 5.81. The number of nitrogens with zero attached hydrogens (tertiary/aromatic N) is 3. The summed E-state index contributed by atoms with van der Waals surface area (Å²) in [6, 6.07) is 10.3. The number of fused-ring (bicyclic) bond motifs is 1. The number of likely N-dealkylation sites (N-methyl/N-ethyl adjacent to an activating group) is 1. The lowest BCUT2D eigenvalue weighted by atomic mass is 10.1. The molecule has 0 atom stereocenters. The molecule has 3 rings (SSSR count). The third-order valence-electron chi connectivity index (χ3n) is 3.53.